The zero-order valence-electron chi connectivity index (χ0n) is 13.9. The van der Waals surface area contributed by atoms with Gasteiger partial charge in [-0.25, -0.2) is 0 Å². The highest BCUT2D eigenvalue weighted by Gasteiger charge is 2.13. The number of nitrogens with one attached hydrogen (secondary N) is 2. The number of halogens is 2. The minimum Gasteiger partial charge on any atom is -0.339 e. The highest BCUT2D eigenvalue weighted by Crippen LogP contribution is 2.22. The Hall–Kier alpha value is -1.33. The average Bonchev–Trinajstić information content (AvgIpc) is 2.51. The van der Waals surface area contributed by atoms with Gasteiger partial charge in [-0.1, -0.05) is 53.5 Å². The van der Waals surface area contributed by atoms with E-state index in [1.165, 1.54) is 10.5 Å². The van der Waals surface area contributed by atoms with E-state index in [0.717, 1.165) is 25.3 Å². The van der Waals surface area contributed by atoms with Crippen LogP contribution in [0.25, 0.3) is 0 Å². The van der Waals surface area contributed by atoms with Gasteiger partial charge in [0.1, 0.15) is 0 Å². The summed E-state index contributed by atoms with van der Waals surface area (Å²) in [6.07, 6.45) is 0. The zero-order valence-corrected chi connectivity index (χ0v) is 16.2. The lowest BCUT2D eigenvalue weighted by atomic mass is 10.2. The van der Waals surface area contributed by atoms with E-state index in [0.29, 0.717) is 15.2 Å². The monoisotopic (exact) mass is 382 g/mol. The third-order valence-corrected chi connectivity index (χ3v) is 4.30. The van der Waals surface area contributed by atoms with Crippen LogP contribution >= 0.6 is 35.4 Å². The van der Waals surface area contributed by atoms with Gasteiger partial charge in [0.2, 0.25) is 0 Å². The Kier molecular flexibility index (Phi) is 7.31. The maximum Gasteiger partial charge on any atom is 0.173 e. The molecule has 0 aliphatic heterocycles. The maximum atomic E-state index is 6.06. The first kappa shape index (κ1) is 19.0. The molecule has 0 radical (unpaired) electrons. The van der Waals surface area contributed by atoms with E-state index in [9.17, 15) is 0 Å². The fourth-order valence-corrected chi connectivity index (χ4v) is 3.04. The Morgan fingerprint density at radius 3 is 2.29 bits per heavy atom. The molecule has 0 aliphatic carbocycles. The Morgan fingerprint density at radius 1 is 1.08 bits per heavy atom. The quantitative estimate of drug-likeness (QED) is 0.747. The van der Waals surface area contributed by atoms with Crippen molar-refractivity contribution >= 4 is 46.2 Å². The van der Waals surface area contributed by atoms with Crippen LogP contribution in [0.1, 0.15) is 5.56 Å². The van der Waals surface area contributed by atoms with Crippen molar-refractivity contribution in [2.75, 3.05) is 32.5 Å². The third-order valence-electron chi connectivity index (χ3n) is 3.50. The topological polar surface area (TPSA) is 19.7 Å². The molecule has 0 fully saturated rings. The van der Waals surface area contributed by atoms with Crippen molar-refractivity contribution in [2.45, 2.75) is 6.54 Å². The molecular weight excluding hydrogens is 361 g/mol. The Labute approximate surface area is 159 Å². The summed E-state index contributed by atoms with van der Waals surface area (Å²) >= 11 is 17.7. The molecule has 0 unspecified atom stereocenters. The van der Waals surface area contributed by atoms with Gasteiger partial charge in [0.15, 0.2) is 5.11 Å². The second kappa shape index (κ2) is 9.23. The Bertz CT molecular complexity index is 657. The lowest BCUT2D eigenvalue weighted by Gasteiger charge is -2.26. The summed E-state index contributed by atoms with van der Waals surface area (Å²) in [5.41, 5.74) is 2.02. The van der Waals surface area contributed by atoms with E-state index in [1.54, 1.807) is 6.07 Å². The summed E-state index contributed by atoms with van der Waals surface area (Å²) < 4.78 is 0. The number of anilines is 1. The maximum absolute atomic E-state index is 6.06. The summed E-state index contributed by atoms with van der Waals surface area (Å²) in [7, 11) is 4.27. The second-order valence-corrected chi connectivity index (χ2v) is 7.21. The van der Waals surface area contributed by atoms with Crippen molar-refractivity contribution in [3.05, 3.63) is 64.1 Å². The van der Waals surface area contributed by atoms with Gasteiger partial charge >= 0.3 is 0 Å². The second-order valence-electron chi connectivity index (χ2n) is 5.95. The van der Waals surface area contributed by atoms with Crippen molar-refractivity contribution in [3.8, 4) is 0 Å². The predicted molar refractivity (Wildman–Crippen MR) is 107 cm³/mol. The van der Waals surface area contributed by atoms with Gasteiger partial charge in [-0.15, -0.1) is 0 Å². The molecule has 0 atom stereocenters. The lowest BCUT2D eigenvalue weighted by molar-refractivity contribution is -0.857. The van der Waals surface area contributed by atoms with Gasteiger partial charge in [-0.2, -0.15) is 0 Å². The molecule has 2 aromatic rings. The lowest BCUT2D eigenvalue weighted by Crippen LogP contribution is -3.06. The molecule has 2 N–H and O–H groups in total. The van der Waals surface area contributed by atoms with Crippen molar-refractivity contribution in [1.29, 1.82) is 0 Å². The van der Waals surface area contributed by atoms with Crippen molar-refractivity contribution in [2.24, 2.45) is 0 Å². The molecule has 24 heavy (non-hydrogen) atoms. The van der Waals surface area contributed by atoms with Gasteiger partial charge in [0.25, 0.3) is 0 Å². The average molecular weight is 383 g/mol. The van der Waals surface area contributed by atoms with Gasteiger partial charge in [0, 0.05) is 22.3 Å². The fourth-order valence-electron chi connectivity index (χ4n) is 2.24. The van der Waals surface area contributed by atoms with Crippen LogP contribution in [0, 0.1) is 0 Å². The predicted octanol–water partition coefficient (Wildman–Crippen LogP) is 3.34. The first-order valence-electron chi connectivity index (χ1n) is 7.79. The minimum atomic E-state index is 0.583. The molecule has 0 heterocycles. The molecule has 128 valence electrons. The van der Waals surface area contributed by atoms with Crippen LogP contribution in [0.4, 0.5) is 5.69 Å². The first-order valence-corrected chi connectivity index (χ1v) is 8.95. The van der Waals surface area contributed by atoms with Gasteiger partial charge in [-0.05, 0) is 36.0 Å². The number of hydrogen-bond donors (Lipinski definition) is 2. The van der Waals surface area contributed by atoms with Gasteiger partial charge < -0.3 is 15.1 Å². The number of thiocarbonyl (C=S) groups is 1. The molecule has 0 saturated heterocycles. The zero-order chi connectivity index (χ0) is 17.5. The number of benzene rings is 2. The molecule has 0 aliphatic rings. The van der Waals surface area contributed by atoms with Crippen LogP contribution in [0.3, 0.4) is 0 Å². The first-order chi connectivity index (χ1) is 11.4. The van der Waals surface area contributed by atoms with Crippen LogP contribution in [0.2, 0.25) is 10.0 Å². The molecule has 3 nitrogen and oxygen atoms in total. The van der Waals surface area contributed by atoms with E-state index in [-0.39, 0.29) is 0 Å². The minimum absolute atomic E-state index is 0.583. The number of nitrogens with zero attached hydrogens (tertiary/aromatic N) is 1. The molecule has 0 amide bonds. The standard InChI is InChI=1S/C18H21Cl2N3S/c1-22(2)8-9-23(13-14-6-4-3-5-7-14)18(24)21-17-11-15(19)10-16(20)12-17/h3-7,10-12H,8-9,13H2,1-2H3,(H,21,24)/p+1. The SMILES string of the molecule is C[NH+](C)CCN(Cc1ccccc1)C(=S)Nc1cc(Cl)cc(Cl)c1. The van der Waals surface area contributed by atoms with Crippen LogP contribution in [-0.2, 0) is 6.54 Å². The van der Waals surface area contributed by atoms with Crippen molar-refractivity contribution in [3.63, 3.8) is 0 Å². The molecule has 0 spiro atoms. The molecule has 0 bridgehead atoms. The van der Waals surface area contributed by atoms with Crippen LogP contribution in [0.5, 0.6) is 0 Å². The molecule has 0 aromatic heterocycles. The fraction of sp³-hybridized carbons (Fsp3) is 0.278. The number of likely N-dealkylation sites (N-methyl/N-ethyl adjacent to an activating group) is 1. The molecule has 0 saturated carbocycles. The normalized spacial score (nSPS) is 10.7. The largest absolute Gasteiger partial charge is 0.339 e. The molecule has 6 heteroatoms. The Morgan fingerprint density at radius 2 is 1.71 bits per heavy atom. The van der Waals surface area contributed by atoms with E-state index >= 15 is 0 Å². The Balaban J connectivity index is 2.10. The van der Waals surface area contributed by atoms with E-state index < -0.39 is 0 Å². The number of hydrogen-bond acceptors (Lipinski definition) is 1. The summed E-state index contributed by atoms with van der Waals surface area (Å²) in [4.78, 5) is 3.54. The van der Waals surface area contributed by atoms with Crippen LogP contribution in [0.15, 0.2) is 48.5 Å². The summed E-state index contributed by atoms with van der Waals surface area (Å²) in [6.45, 7) is 2.61. The summed E-state index contributed by atoms with van der Waals surface area (Å²) in [5, 5.41) is 5.08. The third kappa shape index (κ3) is 6.29. The summed E-state index contributed by atoms with van der Waals surface area (Å²) in [5.74, 6) is 0. The smallest absolute Gasteiger partial charge is 0.173 e. The van der Waals surface area contributed by atoms with E-state index in [4.69, 9.17) is 35.4 Å². The highest BCUT2D eigenvalue weighted by molar-refractivity contribution is 7.80. The number of quaternary nitrogens is 1. The van der Waals surface area contributed by atoms with Crippen LogP contribution < -0.4 is 10.2 Å². The number of rotatable bonds is 6. The van der Waals surface area contributed by atoms with Crippen molar-refractivity contribution < 1.29 is 4.90 Å². The van der Waals surface area contributed by atoms with Crippen molar-refractivity contribution in [1.82, 2.24) is 4.90 Å². The molecule has 2 rings (SSSR count). The van der Waals surface area contributed by atoms with E-state index in [1.807, 2.05) is 30.3 Å². The van der Waals surface area contributed by atoms with Gasteiger partial charge in [-0.3, -0.25) is 0 Å². The summed E-state index contributed by atoms with van der Waals surface area (Å²) in [6, 6.07) is 15.6. The van der Waals surface area contributed by atoms with Gasteiger partial charge in [0.05, 0.1) is 27.2 Å². The van der Waals surface area contributed by atoms with Crippen LogP contribution in [-0.4, -0.2) is 37.2 Å². The molecular formula is C18H22Cl2N3S+. The molecule has 2 aromatic carbocycles. The highest BCUT2D eigenvalue weighted by atomic mass is 35.5. The van der Waals surface area contributed by atoms with E-state index in [2.05, 4.69) is 36.4 Å².